The van der Waals surface area contributed by atoms with Crippen LogP contribution < -0.4 is 19.6 Å². The number of halogens is 1. The van der Waals surface area contributed by atoms with Crippen LogP contribution in [0, 0.1) is 10.1 Å². The molecule has 0 fully saturated rings. The molecule has 0 bridgehead atoms. The number of ether oxygens (including phenoxy) is 2. The molecule has 12 heteroatoms. The maximum atomic E-state index is 13.8. The Hall–Kier alpha value is -4.48. The van der Waals surface area contributed by atoms with Gasteiger partial charge in [0.1, 0.15) is 17.3 Å². The number of hydrogen-bond acceptors (Lipinski definition) is 9. The van der Waals surface area contributed by atoms with Gasteiger partial charge in [-0.25, -0.2) is 9.79 Å². The van der Waals surface area contributed by atoms with E-state index in [0.717, 1.165) is 11.3 Å². The zero-order valence-electron chi connectivity index (χ0n) is 23.1. The number of allylic oxidation sites excluding steroid dienone is 1. The number of carbonyl (C=O) groups is 1. The van der Waals surface area contributed by atoms with E-state index in [1.807, 2.05) is 26.0 Å². The maximum Gasteiger partial charge on any atom is 0.338 e. The predicted octanol–water partition coefficient (Wildman–Crippen LogP) is 5.41. The summed E-state index contributed by atoms with van der Waals surface area (Å²) in [7, 11) is 0. The fraction of sp³-hybridized carbons (Fsp3) is 0.233. The Balaban J connectivity index is 1.60. The molecule has 0 radical (unpaired) electrons. The van der Waals surface area contributed by atoms with Crippen LogP contribution in [0.25, 0.3) is 17.4 Å². The standard InChI is InChI=1S/C30H26ClN3O7S/c1-5-39-29(36)26-17(4)32-30-33(27(26)18-6-9-20(10-7-18)40-16(2)3)28(35)25(42-30)15-21-11-13-24(41-21)22-14-19(34(37)38)8-12-23(22)31/h6-16,27H,5H2,1-4H3/b25-15-/t27-/m0/s1. The van der Waals surface area contributed by atoms with Gasteiger partial charge in [0, 0.05) is 23.8 Å². The molecule has 1 aliphatic heterocycles. The molecule has 0 unspecified atom stereocenters. The van der Waals surface area contributed by atoms with Crippen LogP contribution in [0.3, 0.4) is 0 Å². The molecule has 5 rings (SSSR count). The molecule has 1 atom stereocenters. The number of fused-ring (bicyclic) bond motifs is 1. The van der Waals surface area contributed by atoms with Gasteiger partial charge in [-0.3, -0.25) is 19.5 Å². The zero-order chi connectivity index (χ0) is 30.1. The van der Waals surface area contributed by atoms with Gasteiger partial charge in [0.2, 0.25) is 0 Å². The molecule has 4 aromatic rings. The second-order valence-corrected chi connectivity index (χ2v) is 11.1. The highest BCUT2D eigenvalue weighted by atomic mass is 35.5. The van der Waals surface area contributed by atoms with Gasteiger partial charge in [-0.15, -0.1) is 0 Å². The number of nitro groups is 1. The van der Waals surface area contributed by atoms with Gasteiger partial charge in [0.15, 0.2) is 4.80 Å². The Morgan fingerprint density at radius 1 is 1.21 bits per heavy atom. The van der Waals surface area contributed by atoms with E-state index in [0.29, 0.717) is 43.4 Å². The van der Waals surface area contributed by atoms with Gasteiger partial charge in [0.25, 0.3) is 11.2 Å². The van der Waals surface area contributed by atoms with Crippen LogP contribution in [0.15, 0.2) is 80.1 Å². The number of benzene rings is 2. The minimum absolute atomic E-state index is 0.0131. The SMILES string of the molecule is CCOC(=O)C1=C(C)N=c2s/c(=C\c3ccc(-c4cc([N+](=O)[O-])ccc4Cl)o3)c(=O)n2[C@H]1c1ccc(OC(C)C)cc1. The van der Waals surface area contributed by atoms with E-state index < -0.39 is 16.9 Å². The maximum absolute atomic E-state index is 13.8. The molecular weight excluding hydrogens is 582 g/mol. The van der Waals surface area contributed by atoms with Crippen LogP contribution in [-0.4, -0.2) is 28.2 Å². The van der Waals surface area contributed by atoms with Gasteiger partial charge >= 0.3 is 5.97 Å². The first-order valence-corrected chi connectivity index (χ1v) is 14.3. The van der Waals surface area contributed by atoms with Crippen molar-refractivity contribution in [3.8, 4) is 17.1 Å². The van der Waals surface area contributed by atoms with Gasteiger partial charge in [0.05, 0.1) is 44.5 Å². The number of rotatable bonds is 8. The highest BCUT2D eigenvalue weighted by Crippen LogP contribution is 2.34. The van der Waals surface area contributed by atoms with Crippen molar-refractivity contribution >= 4 is 40.7 Å². The van der Waals surface area contributed by atoms with Crippen LogP contribution in [-0.2, 0) is 9.53 Å². The van der Waals surface area contributed by atoms with Gasteiger partial charge in [-0.2, -0.15) is 0 Å². The monoisotopic (exact) mass is 607 g/mol. The summed E-state index contributed by atoms with van der Waals surface area (Å²) in [5, 5.41) is 11.5. The summed E-state index contributed by atoms with van der Waals surface area (Å²) in [5.41, 5.74) is 1.27. The highest BCUT2D eigenvalue weighted by molar-refractivity contribution is 7.07. The minimum Gasteiger partial charge on any atom is -0.491 e. The lowest BCUT2D eigenvalue weighted by Gasteiger charge is -2.25. The number of nitrogens with zero attached hydrogens (tertiary/aromatic N) is 3. The van der Waals surface area contributed by atoms with Crippen molar-refractivity contribution in [2.24, 2.45) is 4.99 Å². The average Bonchev–Trinajstić information content (AvgIpc) is 3.52. The first kappa shape index (κ1) is 29.0. The number of thiazole rings is 1. The molecular formula is C30H26ClN3O7S. The van der Waals surface area contributed by atoms with Crippen molar-refractivity contribution < 1.29 is 23.6 Å². The number of nitro benzene ring substituents is 1. The van der Waals surface area contributed by atoms with E-state index in [4.69, 9.17) is 25.5 Å². The summed E-state index contributed by atoms with van der Waals surface area (Å²) >= 11 is 7.43. The summed E-state index contributed by atoms with van der Waals surface area (Å²) in [4.78, 5) is 42.7. The third-order valence-electron chi connectivity index (χ3n) is 6.41. The van der Waals surface area contributed by atoms with Crippen molar-refractivity contribution in [2.45, 2.75) is 39.8 Å². The van der Waals surface area contributed by atoms with Gasteiger partial charge < -0.3 is 13.9 Å². The fourth-order valence-corrected chi connectivity index (χ4v) is 5.87. The predicted molar refractivity (Wildman–Crippen MR) is 158 cm³/mol. The smallest absolute Gasteiger partial charge is 0.338 e. The van der Waals surface area contributed by atoms with Crippen LogP contribution in [0.4, 0.5) is 5.69 Å². The third-order valence-corrected chi connectivity index (χ3v) is 7.72. The topological polar surface area (TPSA) is 126 Å². The van der Waals surface area contributed by atoms with E-state index in [1.165, 1.54) is 22.8 Å². The largest absolute Gasteiger partial charge is 0.491 e. The van der Waals surface area contributed by atoms with Crippen molar-refractivity contribution in [1.82, 2.24) is 4.57 Å². The molecule has 1 aliphatic rings. The fourth-order valence-electron chi connectivity index (χ4n) is 4.63. The summed E-state index contributed by atoms with van der Waals surface area (Å²) in [5.74, 6) is 0.762. The van der Waals surface area contributed by atoms with Crippen molar-refractivity contribution in [2.75, 3.05) is 6.61 Å². The van der Waals surface area contributed by atoms with E-state index in [-0.39, 0.29) is 34.6 Å². The third kappa shape index (κ3) is 5.65. The van der Waals surface area contributed by atoms with Gasteiger partial charge in [-0.05, 0) is 63.6 Å². The Kier molecular flexibility index (Phi) is 8.15. The van der Waals surface area contributed by atoms with E-state index >= 15 is 0 Å². The first-order chi connectivity index (χ1) is 20.1. The van der Waals surface area contributed by atoms with E-state index in [2.05, 4.69) is 4.99 Å². The zero-order valence-corrected chi connectivity index (χ0v) is 24.7. The molecule has 2 aromatic heterocycles. The number of aromatic nitrogens is 1. The lowest BCUT2D eigenvalue weighted by molar-refractivity contribution is -0.384. The molecule has 216 valence electrons. The molecule has 0 spiro atoms. The molecule has 0 aliphatic carbocycles. The summed E-state index contributed by atoms with van der Waals surface area (Å²) in [6.45, 7) is 7.46. The summed E-state index contributed by atoms with van der Waals surface area (Å²) in [6.07, 6.45) is 1.56. The molecule has 0 amide bonds. The average molecular weight is 608 g/mol. The van der Waals surface area contributed by atoms with Gasteiger partial charge in [-0.1, -0.05) is 35.1 Å². The summed E-state index contributed by atoms with van der Waals surface area (Å²) in [6, 6.07) is 13.8. The Labute approximate surface area is 248 Å². The molecule has 0 saturated carbocycles. The Morgan fingerprint density at radius 3 is 2.62 bits per heavy atom. The first-order valence-electron chi connectivity index (χ1n) is 13.1. The molecule has 2 aromatic carbocycles. The lowest BCUT2D eigenvalue weighted by atomic mass is 9.96. The molecule has 0 saturated heterocycles. The molecule has 10 nitrogen and oxygen atoms in total. The second-order valence-electron chi connectivity index (χ2n) is 9.66. The normalized spacial score (nSPS) is 15.0. The molecule has 0 N–H and O–H groups in total. The minimum atomic E-state index is -0.772. The van der Waals surface area contributed by atoms with Crippen LogP contribution in [0.2, 0.25) is 5.02 Å². The summed E-state index contributed by atoms with van der Waals surface area (Å²) < 4.78 is 18.8. The van der Waals surface area contributed by atoms with Crippen molar-refractivity contribution in [3.05, 3.63) is 112 Å². The van der Waals surface area contributed by atoms with Crippen molar-refractivity contribution in [3.63, 3.8) is 0 Å². The van der Waals surface area contributed by atoms with Crippen molar-refractivity contribution in [1.29, 1.82) is 0 Å². The number of hydrogen-bond donors (Lipinski definition) is 0. The van der Waals surface area contributed by atoms with E-state index in [9.17, 15) is 19.7 Å². The number of furan rings is 1. The molecule has 42 heavy (non-hydrogen) atoms. The van der Waals surface area contributed by atoms with Crippen LogP contribution in [0.1, 0.15) is 45.1 Å². The number of carbonyl (C=O) groups excluding carboxylic acids is 1. The highest BCUT2D eigenvalue weighted by Gasteiger charge is 2.33. The Morgan fingerprint density at radius 2 is 1.95 bits per heavy atom. The molecule has 3 heterocycles. The van der Waals surface area contributed by atoms with Crippen LogP contribution in [0.5, 0.6) is 5.75 Å². The van der Waals surface area contributed by atoms with Crippen LogP contribution >= 0.6 is 22.9 Å². The number of non-ortho nitro benzene ring substituents is 1. The second kappa shape index (κ2) is 11.8. The number of esters is 1. The lowest BCUT2D eigenvalue weighted by Crippen LogP contribution is -2.39. The van der Waals surface area contributed by atoms with E-state index in [1.54, 1.807) is 44.2 Å². The Bertz CT molecular complexity index is 1900. The quantitative estimate of drug-likeness (QED) is 0.149.